The molecule has 4 nitrogen and oxygen atoms in total. The lowest BCUT2D eigenvalue weighted by Crippen LogP contribution is -2.27. The third-order valence-electron chi connectivity index (χ3n) is 3.69. The number of halogens is 2. The zero-order valence-corrected chi connectivity index (χ0v) is 14.3. The van der Waals surface area contributed by atoms with E-state index in [0.717, 1.165) is 16.5 Å². The number of aromatic nitrogens is 1. The van der Waals surface area contributed by atoms with Gasteiger partial charge in [0, 0.05) is 22.6 Å². The molecule has 1 amide bonds. The molecular weight excluding hydrogens is 347 g/mol. The minimum atomic E-state index is -0.361. The zero-order chi connectivity index (χ0) is 17.3. The summed E-state index contributed by atoms with van der Waals surface area (Å²) >= 11 is 11.8. The largest absolute Gasteiger partial charge is 0.348 e. The maximum atomic E-state index is 12.2. The molecule has 0 bridgehead atoms. The van der Waals surface area contributed by atoms with E-state index in [-0.39, 0.29) is 23.0 Å². The molecule has 0 aliphatic heterocycles. The Morgan fingerprint density at radius 1 is 1.12 bits per heavy atom. The van der Waals surface area contributed by atoms with Crippen molar-refractivity contribution >= 4 is 40.0 Å². The molecule has 0 atom stereocenters. The van der Waals surface area contributed by atoms with Crippen LogP contribution in [0.2, 0.25) is 10.0 Å². The Morgan fingerprint density at radius 2 is 1.92 bits per heavy atom. The maximum Gasteiger partial charge on any atom is 0.253 e. The number of nitrogens with one attached hydrogen (secondary N) is 2. The van der Waals surface area contributed by atoms with Crippen molar-refractivity contribution in [1.29, 1.82) is 0 Å². The highest BCUT2D eigenvalue weighted by atomic mass is 35.5. The molecule has 1 heterocycles. The van der Waals surface area contributed by atoms with Crippen LogP contribution in [0.4, 0.5) is 0 Å². The number of rotatable bonds is 3. The molecule has 0 aliphatic carbocycles. The van der Waals surface area contributed by atoms with Crippen molar-refractivity contribution in [2.45, 2.75) is 13.5 Å². The summed E-state index contributed by atoms with van der Waals surface area (Å²) < 4.78 is 0. The fraction of sp³-hybridized carbons (Fsp3) is 0.111. The summed E-state index contributed by atoms with van der Waals surface area (Å²) in [6, 6.07) is 12.2. The number of benzene rings is 2. The highest BCUT2D eigenvalue weighted by Gasteiger charge is 2.11. The van der Waals surface area contributed by atoms with Crippen LogP contribution in [-0.4, -0.2) is 10.9 Å². The van der Waals surface area contributed by atoms with Gasteiger partial charge < -0.3 is 10.3 Å². The van der Waals surface area contributed by atoms with Crippen LogP contribution in [-0.2, 0) is 6.54 Å². The summed E-state index contributed by atoms with van der Waals surface area (Å²) in [4.78, 5) is 27.2. The third kappa shape index (κ3) is 3.45. The van der Waals surface area contributed by atoms with E-state index in [1.165, 1.54) is 6.07 Å². The highest BCUT2D eigenvalue weighted by molar-refractivity contribution is 6.36. The van der Waals surface area contributed by atoms with Gasteiger partial charge in [-0.2, -0.15) is 0 Å². The van der Waals surface area contributed by atoms with Gasteiger partial charge in [0.25, 0.3) is 11.5 Å². The van der Waals surface area contributed by atoms with Crippen LogP contribution in [0.1, 0.15) is 21.5 Å². The van der Waals surface area contributed by atoms with Crippen LogP contribution in [0, 0.1) is 6.92 Å². The van der Waals surface area contributed by atoms with E-state index in [4.69, 9.17) is 23.2 Å². The third-order valence-corrected chi connectivity index (χ3v) is 4.24. The lowest BCUT2D eigenvalue weighted by atomic mass is 10.1. The molecule has 0 unspecified atom stereocenters. The topological polar surface area (TPSA) is 62.0 Å². The van der Waals surface area contributed by atoms with E-state index in [9.17, 15) is 9.59 Å². The fourth-order valence-electron chi connectivity index (χ4n) is 2.44. The molecule has 3 rings (SSSR count). The summed E-state index contributed by atoms with van der Waals surface area (Å²) in [6.45, 7) is 2.07. The molecule has 0 spiro atoms. The van der Waals surface area contributed by atoms with Gasteiger partial charge in [0.05, 0.1) is 10.6 Å². The molecule has 122 valence electrons. The molecular formula is C18H14Cl2N2O2. The molecule has 0 aliphatic rings. The van der Waals surface area contributed by atoms with Crippen molar-refractivity contribution in [1.82, 2.24) is 10.3 Å². The Labute approximate surface area is 148 Å². The first-order valence-corrected chi connectivity index (χ1v) is 8.05. The predicted molar refractivity (Wildman–Crippen MR) is 96.9 cm³/mol. The van der Waals surface area contributed by atoms with Gasteiger partial charge in [-0.05, 0) is 48.2 Å². The van der Waals surface area contributed by atoms with Crippen molar-refractivity contribution in [3.05, 3.63) is 79.6 Å². The number of amides is 1. The van der Waals surface area contributed by atoms with Gasteiger partial charge >= 0.3 is 0 Å². The van der Waals surface area contributed by atoms with E-state index in [1.54, 1.807) is 18.2 Å². The second-order valence-corrected chi connectivity index (χ2v) is 6.36. The van der Waals surface area contributed by atoms with Crippen molar-refractivity contribution in [2.75, 3.05) is 0 Å². The second kappa shape index (κ2) is 6.67. The van der Waals surface area contributed by atoms with E-state index in [0.29, 0.717) is 16.1 Å². The summed E-state index contributed by atoms with van der Waals surface area (Å²) in [5.74, 6) is -0.361. The van der Waals surface area contributed by atoms with Gasteiger partial charge in [0.1, 0.15) is 0 Å². The van der Waals surface area contributed by atoms with Crippen LogP contribution < -0.4 is 10.9 Å². The Bertz CT molecular complexity index is 996. The minimum Gasteiger partial charge on any atom is -0.348 e. The maximum absolute atomic E-state index is 12.2. The Kier molecular flexibility index (Phi) is 4.60. The van der Waals surface area contributed by atoms with E-state index in [1.807, 2.05) is 25.1 Å². The quantitative estimate of drug-likeness (QED) is 0.739. The monoisotopic (exact) mass is 360 g/mol. The molecule has 1 aromatic heterocycles. The van der Waals surface area contributed by atoms with Gasteiger partial charge in [0.2, 0.25) is 0 Å². The van der Waals surface area contributed by atoms with Crippen molar-refractivity contribution in [2.24, 2.45) is 0 Å². The molecule has 2 N–H and O–H groups in total. The number of carbonyl (C=O) groups is 1. The summed E-state index contributed by atoms with van der Waals surface area (Å²) in [5, 5.41) is 4.34. The van der Waals surface area contributed by atoms with Gasteiger partial charge in [-0.25, -0.2) is 0 Å². The van der Waals surface area contributed by atoms with E-state index in [2.05, 4.69) is 10.3 Å². The number of pyridine rings is 1. The smallest absolute Gasteiger partial charge is 0.253 e. The highest BCUT2D eigenvalue weighted by Crippen LogP contribution is 2.21. The minimum absolute atomic E-state index is 0.108. The second-order valence-electron chi connectivity index (χ2n) is 5.52. The Balaban J connectivity index is 1.82. The number of hydrogen-bond acceptors (Lipinski definition) is 2. The van der Waals surface area contributed by atoms with Crippen LogP contribution in [0.15, 0.2) is 47.3 Å². The molecule has 0 fully saturated rings. The summed E-state index contributed by atoms with van der Waals surface area (Å²) in [7, 11) is 0. The predicted octanol–water partition coefficient (Wildman–Crippen LogP) is 4.07. The normalized spacial score (nSPS) is 10.8. The zero-order valence-electron chi connectivity index (χ0n) is 12.8. The first-order valence-electron chi connectivity index (χ1n) is 7.30. The van der Waals surface area contributed by atoms with Gasteiger partial charge in [0.15, 0.2) is 0 Å². The summed E-state index contributed by atoms with van der Waals surface area (Å²) in [5.41, 5.74) is 2.40. The van der Waals surface area contributed by atoms with Gasteiger partial charge in [-0.3, -0.25) is 9.59 Å². The van der Waals surface area contributed by atoms with Crippen molar-refractivity contribution < 1.29 is 4.79 Å². The molecule has 3 aromatic rings. The van der Waals surface area contributed by atoms with Crippen LogP contribution >= 0.6 is 23.2 Å². The Morgan fingerprint density at radius 3 is 2.67 bits per heavy atom. The average molecular weight is 361 g/mol. The summed E-state index contributed by atoms with van der Waals surface area (Å²) in [6.07, 6.45) is 0. The van der Waals surface area contributed by atoms with E-state index >= 15 is 0 Å². The van der Waals surface area contributed by atoms with Crippen molar-refractivity contribution in [3.8, 4) is 0 Å². The van der Waals surface area contributed by atoms with E-state index < -0.39 is 0 Å². The number of H-pyrrole nitrogens is 1. The standard InChI is InChI=1S/C18H14Cl2N2O2/c1-10-2-3-11-7-12(17(23)22-16(11)6-10)9-21-18(24)14-5-4-13(19)8-15(14)20/h2-8H,9H2,1H3,(H,21,24)(H,22,23). The first kappa shape index (κ1) is 16.6. The fourth-order valence-corrected chi connectivity index (χ4v) is 2.93. The van der Waals surface area contributed by atoms with Gasteiger partial charge in [-0.15, -0.1) is 0 Å². The molecule has 2 aromatic carbocycles. The first-order chi connectivity index (χ1) is 11.4. The lowest BCUT2D eigenvalue weighted by molar-refractivity contribution is 0.0951. The molecule has 0 saturated carbocycles. The molecule has 0 saturated heterocycles. The molecule has 0 radical (unpaired) electrons. The molecule has 24 heavy (non-hydrogen) atoms. The van der Waals surface area contributed by atoms with Crippen LogP contribution in [0.25, 0.3) is 10.9 Å². The number of carbonyl (C=O) groups excluding carboxylic acids is 1. The SMILES string of the molecule is Cc1ccc2cc(CNC(=O)c3ccc(Cl)cc3Cl)c(=O)[nH]c2c1. The number of aromatic amines is 1. The van der Waals surface area contributed by atoms with Crippen LogP contribution in [0.5, 0.6) is 0 Å². The lowest BCUT2D eigenvalue weighted by Gasteiger charge is -2.08. The van der Waals surface area contributed by atoms with Gasteiger partial charge in [-0.1, -0.05) is 35.3 Å². The average Bonchev–Trinajstić information content (AvgIpc) is 2.52. The van der Waals surface area contributed by atoms with Crippen LogP contribution in [0.3, 0.4) is 0 Å². The van der Waals surface area contributed by atoms with Crippen molar-refractivity contribution in [3.63, 3.8) is 0 Å². The number of aryl methyl sites for hydroxylation is 1. The number of hydrogen-bond donors (Lipinski definition) is 2. The Hall–Kier alpha value is -2.30. The number of fused-ring (bicyclic) bond motifs is 1. The molecule has 6 heteroatoms.